The molecule has 1 aromatic heterocycles. The average molecular weight is 641 g/mol. The van der Waals surface area contributed by atoms with Crippen LogP contribution in [0, 0.1) is 0 Å². The maximum Gasteiger partial charge on any atom is 0.338 e. The van der Waals surface area contributed by atoms with Crippen LogP contribution < -0.4 is 19.6 Å². The average Bonchev–Trinajstić information content (AvgIpc) is 3.10. The summed E-state index contributed by atoms with van der Waals surface area (Å²) < 4.78 is 14.6. The minimum absolute atomic E-state index is 0.217. The number of esters is 1. The Bertz CT molecular complexity index is 1490. The van der Waals surface area contributed by atoms with Crippen LogP contribution in [-0.4, -0.2) is 23.8 Å². The van der Waals surface area contributed by atoms with Gasteiger partial charge in [-0.2, -0.15) is 0 Å². The molecular weight excluding hydrogens is 620 g/mol. The van der Waals surface area contributed by atoms with Gasteiger partial charge in [0.1, 0.15) is 5.75 Å². The molecule has 2 heterocycles. The Labute approximate surface area is 227 Å². The molecule has 182 valence electrons. The van der Waals surface area contributed by atoms with E-state index < -0.39 is 12.0 Å². The second-order valence-electron chi connectivity index (χ2n) is 7.60. The Morgan fingerprint density at radius 3 is 2.43 bits per heavy atom. The van der Waals surface area contributed by atoms with Crippen molar-refractivity contribution in [2.45, 2.75) is 26.8 Å². The van der Waals surface area contributed by atoms with Crippen molar-refractivity contribution >= 4 is 66.8 Å². The first kappa shape index (κ1) is 25.9. The Morgan fingerprint density at radius 2 is 1.83 bits per heavy atom. The zero-order chi connectivity index (χ0) is 25.3. The van der Waals surface area contributed by atoms with Gasteiger partial charge in [-0.15, -0.1) is 0 Å². The molecule has 0 fully saturated rings. The van der Waals surface area contributed by atoms with E-state index in [9.17, 15) is 9.59 Å². The number of hydrogen-bond acceptors (Lipinski definition) is 6. The lowest BCUT2D eigenvalue weighted by molar-refractivity contribution is -0.139. The third kappa shape index (κ3) is 5.18. The molecule has 0 saturated heterocycles. The molecule has 35 heavy (non-hydrogen) atoms. The first-order valence-electron chi connectivity index (χ1n) is 10.8. The van der Waals surface area contributed by atoms with Crippen molar-refractivity contribution < 1.29 is 14.3 Å². The highest BCUT2D eigenvalue weighted by atomic mass is 79.9. The lowest BCUT2D eigenvalue weighted by Gasteiger charge is -2.24. The zero-order valence-corrected chi connectivity index (χ0v) is 23.8. The molecule has 0 amide bonds. The summed E-state index contributed by atoms with van der Waals surface area (Å²) in [6, 6.07) is 10.2. The van der Waals surface area contributed by atoms with E-state index >= 15 is 0 Å². The SMILES string of the molecule is CCOC(=O)C1=C(C)N=c2s/c(=C\c3cc(Br)c(OCC)c(Br)c3)c(=O)n2[C@@H]1c1ccc(Cl)cc1. The highest BCUT2D eigenvalue weighted by Crippen LogP contribution is 2.35. The van der Waals surface area contributed by atoms with Crippen LogP contribution in [0.1, 0.15) is 37.9 Å². The normalized spacial score (nSPS) is 15.6. The monoisotopic (exact) mass is 638 g/mol. The minimum atomic E-state index is -0.677. The summed E-state index contributed by atoms with van der Waals surface area (Å²) in [4.78, 5) is 31.7. The van der Waals surface area contributed by atoms with Crippen molar-refractivity contribution in [3.63, 3.8) is 0 Å². The predicted octanol–water partition coefficient (Wildman–Crippen LogP) is 5.38. The number of carbonyl (C=O) groups excluding carboxylic acids is 1. The maximum atomic E-state index is 13.7. The molecule has 6 nitrogen and oxygen atoms in total. The molecule has 0 N–H and O–H groups in total. The van der Waals surface area contributed by atoms with Gasteiger partial charge in [0.2, 0.25) is 0 Å². The molecule has 2 aromatic carbocycles. The highest BCUT2D eigenvalue weighted by molar-refractivity contribution is 9.11. The molecule has 0 spiro atoms. The summed E-state index contributed by atoms with van der Waals surface area (Å²) in [6.45, 7) is 6.16. The molecule has 4 rings (SSSR count). The molecule has 10 heteroatoms. The van der Waals surface area contributed by atoms with Crippen molar-refractivity contribution in [2.24, 2.45) is 4.99 Å². The number of hydrogen-bond donors (Lipinski definition) is 0. The van der Waals surface area contributed by atoms with Crippen LogP contribution in [0.2, 0.25) is 5.02 Å². The van der Waals surface area contributed by atoms with Gasteiger partial charge in [-0.1, -0.05) is 35.1 Å². The second-order valence-corrected chi connectivity index (χ2v) is 10.8. The third-order valence-corrected chi connectivity index (χ3v) is 7.72. The lowest BCUT2D eigenvalue weighted by atomic mass is 9.96. The van der Waals surface area contributed by atoms with Gasteiger partial charge in [-0.05, 0) is 94.1 Å². The van der Waals surface area contributed by atoms with Gasteiger partial charge in [0.15, 0.2) is 4.80 Å². The van der Waals surface area contributed by atoms with Crippen LogP contribution in [0.4, 0.5) is 0 Å². The number of thiazole rings is 1. The van der Waals surface area contributed by atoms with Gasteiger partial charge in [0.25, 0.3) is 5.56 Å². The summed E-state index contributed by atoms with van der Waals surface area (Å²) in [5, 5.41) is 0.561. The summed E-state index contributed by atoms with van der Waals surface area (Å²) in [7, 11) is 0. The summed E-state index contributed by atoms with van der Waals surface area (Å²) in [5.74, 6) is 0.200. The van der Waals surface area contributed by atoms with Crippen LogP contribution >= 0.6 is 54.8 Å². The fourth-order valence-electron chi connectivity index (χ4n) is 3.85. The van der Waals surface area contributed by atoms with Crippen LogP contribution in [0.15, 0.2) is 66.4 Å². The predicted molar refractivity (Wildman–Crippen MR) is 145 cm³/mol. The number of halogens is 3. The van der Waals surface area contributed by atoms with Crippen molar-refractivity contribution in [1.82, 2.24) is 4.57 Å². The molecule has 1 atom stereocenters. The summed E-state index contributed by atoms with van der Waals surface area (Å²) in [5.41, 5.74) is 2.15. The highest BCUT2D eigenvalue weighted by Gasteiger charge is 2.33. The van der Waals surface area contributed by atoms with Gasteiger partial charge < -0.3 is 9.47 Å². The Kier molecular flexibility index (Phi) is 8.00. The number of rotatable bonds is 6. The smallest absolute Gasteiger partial charge is 0.338 e. The molecule has 0 radical (unpaired) electrons. The topological polar surface area (TPSA) is 69.9 Å². The first-order chi connectivity index (χ1) is 16.7. The number of fused-ring (bicyclic) bond motifs is 1. The van der Waals surface area contributed by atoms with E-state index in [-0.39, 0.29) is 12.2 Å². The Balaban J connectivity index is 1.91. The standard InChI is InChI=1S/C25H21Br2ClN2O4S/c1-4-33-22-17(26)10-14(11-18(22)27)12-19-23(31)30-21(15-6-8-16(28)9-7-15)20(24(32)34-5-2)13(3)29-25(30)35-19/h6-12,21H,4-5H2,1-3H3/b19-12-/t21-/m1/s1. The largest absolute Gasteiger partial charge is 0.492 e. The fraction of sp³-hybridized carbons (Fsp3) is 0.240. The molecule has 1 aliphatic heterocycles. The van der Waals surface area contributed by atoms with Crippen LogP contribution in [0.3, 0.4) is 0 Å². The van der Waals surface area contributed by atoms with E-state index in [1.54, 1.807) is 36.6 Å². The quantitative estimate of drug-likeness (QED) is 0.340. The summed E-state index contributed by atoms with van der Waals surface area (Å²) >= 11 is 14.4. The van der Waals surface area contributed by atoms with E-state index in [1.807, 2.05) is 31.2 Å². The van der Waals surface area contributed by atoms with Crippen LogP contribution in [0.5, 0.6) is 5.75 Å². The van der Waals surface area contributed by atoms with Crippen molar-refractivity contribution in [1.29, 1.82) is 0 Å². The maximum absolute atomic E-state index is 13.7. The van der Waals surface area contributed by atoms with Crippen LogP contribution in [0.25, 0.3) is 6.08 Å². The van der Waals surface area contributed by atoms with E-state index in [0.29, 0.717) is 38.0 Å². The van der Waals surface area contributed by atoms with Crippen LogP contribution in [-0.2, 0) is 9.53 Å². The molecule has 1 aliphatic rings. The van der Waals surface area contributed by atoms with Gasteiger partial charge in [0.05, 0.1) is 44.0 Å². The molecule has 0 unspecified atom stereocenters. The Hall–Kier alpha value is -2.20. The van der Waals surface area contributed by atoms with Gasteiger partial charge >= 0.3 is 5.97 Å². The number of aromatic nitrogens is 1. The number of carbonyl (C=O) groups is 1. The molecule has 0 saturated carbocycles. The molecular formula is C25H21Br2ClN2O4S. The van der Waals surface area contributed by atoms with Crippen molar-refractivity contribution in [2.75, 3.05) is 13.2 Å². The molecule has 3 aromatic rings. The van der Waals surface area contributed by atoms with E-state index in [2.05, 4.69) is 36.9 Å². The van der Waals surface area contributed by atoms with Gasteiger partial charge in [0, 0.05) is 5.02 Å². The second kappa shape index (κ2) is 10.8. The van der Waals surface area contributed by atoms with E-state index in [1.165, 1.54) is 11.3 Å². The lowest BCUT2D eigenvalue weighted by Crippen LogP contribution is -2.39. The number of ether oxygens (including phenoxy) is 2. The van der Waals surface area contributed by atoms with Gasteiger partial charge in [-0.25, -0.2) is 9.79 Å². The van der Waals surface area contributed by atoms with Crippen molar-refractivity contribution in [3.05, 3.63) is 92.5 Å². The minimum Gasteiger partial charge on any atom is -0.492 e. The van der Waals surface area contributed by atoms with Crippen molar-refractivity contribution in [3.8, 4) is 5.75 Å². The first-order valence-corrected chi connectivity index (χ1v) is 13.6. The molecule has 0 bridgehead atoms. The Morgan fingerprint density at radius 1 is 1.17 bits per heavy atom. The van der Waals surface area contributed by atoms with E-state index in [0.717, 1.165) is 20.1 Å². The molecule has 0 aliphatic carbocycles. The zero-order valence-electron chi connectivity index (χ0n) is 19.1. The summed E-state index contributed by atoms with van der Waals surface area (Å²) in [6.07, 6.45) is 1.80. The number of allylic oxidation sites excluding steroid dienone is 1. The van der Waals surface area contributed by atoms with Gasteiger partial charge in [-0.3, -0.25) is 9.36 Å². The number of benzene rings is 2. The fourth-order valence-corrected chi connectivity index (χ4v) is 6.47. The number of nitrogens with zero attached hydrogens (tertiary/aromatic N) is 2. The third-order valence-electron chi connectivity index (χ3n) is 5.31. The van der Waals surface area contributed by atoms with E-state index in [4.69, 9.17) is 21.1 Å².